The summed E-state index contributed by atoms with van der Waals surface area (Å²) in [6, 6.07) is 8.12. The van der Waals surface area contributed by atoms with Crippen LogP contribution >= 0.6 is 0 Å². The minimum absolute atomic E-state index is 0.0710. The zero-order chi connectivity index (χ0) is 12.8. The van der Waals surface area contributed by atoms with Crippen molar-refractivity contribution < 1.29 is 8.42 Å². The highest BCUT2D eigenvalue weighted by molar-refractivity contribution is 7.94. The van der Waals surface area contributed by atoms with Crippen LogP contribution in [-0.4, -0.2) is 25.7 Å². The van der Waals surface area contributed by atoms with Crippen molar-refractivity contribution in [3.8, 4) is 0 Å². The summed E-state index contributed by atoms with van der Waals surface area (Å²) in [6.07, 6.45) is 1.44. The average Bonchev–Trinajstić information content (AvgIpc) is 2.79. The summed E-state index contributed by atoms with van der Waals surface area (Å²) in [6.45, 7) is 1.90. The molecule has 3 rings (SSSR count). The van der Waals surface area contributed by atoms with Crippen LogP contribution in [0.2, 0.25) is 0 Å². The van der Waals surface area contributed by atoms with E-state index in [0.29, 0.717) is 6.54 Å². The standard InChI is InChI=1S/C12H13N3O2S/c13-12-5-11(18(16,17)14-12)8-15-6-9-3-1-2-4-10(9)7-15/h1-5H,6-8H2,(H2,13,14). The first-order valence-electron chi connectivity index (χ1n) is 5.65. The van der Waals surface area contributed by atoms with Gasteiger partial charge in [0.2, 0.25) is 0 Å². The maximum Gasteiger partial charge on any atom is 0.281 e. The van der Waals surface area contributed by atoms with Crippen LogP contribution in [0.25, 0.3) is 0 Å². The zero-order valence-electron chi connectivity index (χ0n) is 9.70. The number of amidine groups is 1. The molecule has 2 aliphatic heterocycles. The van der Waals surface area contributed by atoms with Crippen molar-refractivity contribution in [2.45, 2.75) is 13.1 Å². The van der Waals surface area contributed by atoms with Gasteiger partial charge in [-0.25, -0.2) is 0 Å². The molecule has 6 heteroatoms. The van der Waals surface area contributed by atoms with Gasteiger partial charge in [-0.1, -0.05) is 24.3 Å². The molecule has 0 aromatic heterocycles. The first kappa shape index (κ1) is 11.4. The predicted molar refractivity (Wildman–Crippen MR) is 69.2 cm³/mol. The van der Waals surface area contributed by atoms with E-state index in [1.807, 2.05) is 12.1 Å². The molecule has 1 aromatic carbocycles. The minimum atomic E-state index is -3.53. The summed E-state index contributed by atoms with van der Waals surface area (Å²) >= 11 is 0. The lowest BCUT2D eigenvalue weighted by molar-refractivity contribution is 0.314. The summed E-state index contributed by atoms with van der Waals surface area (Å²) in [4.78, 5) is 2.36. The molecule has 2 heterocycles. The van der Waals surface area contributed by atoms with Crippen molar-refractivity contribution in [2.24, 2.45) is 10.1 Å². The van der Waals surface area contributed by atoms with Gasteiger partial charge < -0.3 is 5.73 Å². The Balaban J connectivity index is 1.77. The van der Waals surface area contributed by atoms with E-state index in [-0.39, 0.29) is 10.7 Å². The van der Waals surface area contributed by atoms with Crippen LogP contribution in [-0.2, 0) is 23.1 Å². The quantitative estimate of drug-likeness (QED) is 0.847. The van der Waals surface area contributed by atoms with E-state index in [9.17, 15) is 8.42 Å². The molecule has 5 nitrogen and oxygen atoms in total. The Morgan fingerprint density at radius 1 is 1.22 bits per heavy atom. The Labute approximate surface area is 106 Å². The lowest BCUT2D eigenvalue weighted by atomic mass is 10.1. The third-order valence-corrected chi connectivity index (χ3v) is 4.51. The SMILES string of the molecule is NC1=NS(=O)(=O)C(CN2Cc3ccccc3C2)=C1. The molecule has 2 aliphatic rings. The van der Waals surface area contributed by atoms with Gasteiger partial charge in [0.05, 0.1) is 4.91 Å². The van der Waals surface area contributed by atoms with Gasteiger partial charge in [-0.15, -0.1) is 4.40 Å². The number of benzene rings is 1. The van der Waals surface area contributed by atoms with Gasteiger partial charge in [-0.2, -0.15) is 8.42 Å². The van der Waals surface area contributed by atoms with Crippen molar-refractivity contribution in [2.75, 3.05) is 6.54 Å². The maximum atomic E-state index is 11.7. The van der Waals surface area contributed by atoms with Crippen molar-refractivity contribution >= 4 is 15.9 Å². The van der Waals surface area contributed by atoms with Crippen molar-refractivity contribution in [3.05, 3.63) is 46.4 Å². The van der Waals surface area contributed by atoms with E-state index in [1.165, 1.54) is 17.2 Å². The molecular weight excluding hydrogens is 250 g/mol. The summed E-state index contributed by atoms with van der Waals surface area (Å²) in [5, 5.41) is 0. The van der Waals surface area contributed by atoms with Gasteiger partial charge >= 0.3 is 0 Å². The Bertz CT molecular complexity index is 637. The van der Waals surface area contributed by atoms with Crippen LogP contribution in [0.4, 0.5) is 0 Å². The van der Waals surface area contributed by atoms with Gasteiger partial charge in [0.25, 0.3) is 10.0 Å². The molecule has 0 bridgehead atoms. The van der Waals surface area contributed by atoms with Gasteiger partial charge in [-0.05, 0) is 17.2 Å². The van der Waals surface area contributed by atoms with Crippen LogP contribution < -0.4 is 5.73 Å². The number of fused-ring (bicyclic) bond motifs is 1. The Morgan fingerprint density at radius 2 is 1.83 bits per heavy atom. The molecule has 0 amide bonds. The fraction of sp³-hybridized carbons (Fsp3) is 0.250. The van der Waals surface area contributed by atoms with Crippen LogP contribution in [0.1, 0.15) is 11.1 Å². The molecule has 0 spiro atoms. The van der Waals surface area contributed by atoms with E-state index < -0.39 is 10.0 Å². The molecule has 2 N–H and O–H groups in total. The van der Waals surface area contributed by atoms with Crippen molar-refractivity contribution in [1.82, 2.24) is 4.90 Å². The van der Waals surface area contributed by atoms with Gasteiger partial charge in [0.15, 0.2) is 0 Å². The summed E-state index contributed by atoms with van der Waals surface area (Å²) in [7, 11) is -3.53. The Hall–Kier alpha value is -1.66. The highest BCUT2D eigenvalue weighted by atomic mass is 32.2. The second kappa shape index (κ2) is 3.93. The molecule has 0 saturated heterocycles. The highest BCUT2D eigenvalue weighted by Gasteiger charge is 2.27. The fourth-order valence-corrected chi connectivity index (χ4v) is 3.39. The first-order valence-corrected chi connectivity index (χ1v) is 7.09. The monoisotopic (exact) mass is 263 g/mol. The van der Waals surface area contributed by atoms with E-state index in [4.69, 9.17) is 5.73 Å². The topological polar surface area (TPSA) is 75.8 Å². The number of hydrogen-bond donors (Lipinski definition) is 1. The summed E-state index contributed by atoms with van der Waals surface area (Å²) in [5.74, 6) is 0.0710. The zero-order valence-corrected chi connectivity index (χ0v) is 10.5. The molecule has 0 fully saturated rings. The van der Waals surface area contributed by atoms with Crippen LogP contribution in [0.3, 0.4) is 0 Å². The van der Waals surface area contributed by atoms with Crippen molar-refractivity contribution in [1.29, 1.82) is 0 Å². The number of nitrogens with zero attached hydrogens (tertiary/aromatic N) is 2. The van der Waals surface area contributed by atoms with Crippen molar-refractivity contribution in [3.63, 3.8) is 0 Å². The normalized spacial score (nSPS) is 21.6. The van der Waals surface area contributed by atoms with E-state index in [0.717, 1.165) is 13.1 Å². The van der Waals surface area contributed by atoms with Gasteiger partial charge in [-0.3, -0.25) is 4.90 Å². The molecular formula is C12H13N3O2S. The molecule has 94 valence electrons. The third-order valence-electron chi connectivity index (χ3n) is 3.15. The number of nitrogens with two attached hydrogens (primary N) is 1. The van der Waals surface area contributed by atoms with E-state index in [1.54, 1.807) is 0 Å². The second-order valence-corrected chi connectivity index (χ2v) is 6.17. The summed E-state index contributed by atoms with van der Waals surface area (Å²) < 4.78 is 26.8. The molecule has 1 aromatic rings. The molecule has 0 radical (unpaired) electrons. The van der Waals surface area contributed by atoms with Crippen LogP contribution in [0.15, 0.2) is 39.6 Å². The minimum Gasteiger partial charge on any atom is -0.383 e. The number of rotatable bonds is 2. The largest absolute Gasteiger partial charge is 0.383 e. The number of sulfonamides is 1. The van der Waals surface area contributed by atoms with Gasteiger partial charge in [0, 0.05) is 19.6 Å². The lowest BCUT2D eigenvalue weighted by Crippen LogP contribution is -2.21. The molecule has 0 saturated carbocycles. The second-order valence-electron chi connectivity index (χ2n) is 4.52. The average molecular weight is 263 g/mol. The fourth-order valence-electron chi connectivity index (χ4n) is 2.33. The van der Waals surface area contributed by atoms with Gasteiger partial charge in [0.1, 0.15) is 5.84 Å². The van der Waals surface area contributed by atoms with E-state index in [2.05, 4.69) is 21.4 Å². The third kappa shape index (κ3) is 1.93. The van der Waals surface area contributed by atoms with E-state index >= 15 is 0 Å². The Morgan fingerprint density at radius 3 is 2.33 bits per heavy atom. The molecule has 18 heavy (non-hydrogen) atoms. The molecule has 0 atom stereocenters. The summed E-state index contributed by atoms with van der Waals surface area (Å²) in [5.41, 5.74) is 7.94. The van der Waals surface area contributed by atoms with Crippen LogP contribution in [0.5, 0.6) is 0 Å². The molecule has 0 aliphatic carbocycles. The first-order chi connectivity index (χ1) is 8.54. The predicted octanol–water partition coefficient (Wildman–Crippen LogP) is 0.587. The smallest absolute Gasteiger partial charge is 0.281 e. The maximum absolute atomic E-state index is 11.7. The highest BCUT2D eigenvalue weighted by Crippen LogP contribution is 2.25. The van der Waals surface area contributed by atoms with Crippen LogP contribution in [0, 0.1) is 0 Å². The Kier molecular flexibility index (Phi) is 2.49. The number of hydrogen-bond acceptors (Lipinski definition) is 4. The molecule has 0 unspecified atom stereocenters. The lowest BCUT2D eigenvalue weighted by Gasteiger charge is -2.14.